The Bertz CT molecular complexity index is 1150. The zero-order chi connectivity index (χ0) is 28.7. The number of nitro groups is 1. The van der Waals surface area contributed by atoms with Gasteiger partial charge in [-0.3, -0.25) is 14.9 Å². The molecule has 208 valence electrons. The standard InChI is InChI=1S/C26H36N2O8SSi/c1-26(2,3)38(6,7)36-23-13-19(33-4)12-20(21(23)15-37-16-22(27)25(30)34-5)24(29)35-14-17-8-10-18(11-9-17)28(31)32/h8-13,22H,14-16,27H2,1-7H3/t22-/m0/s1. The lowest BCUT2D eigenvalue weighted by atomic mass is 10.1. The molecule has 0 fully saturated rings. The lowest BCUT2D eigenvalue weighted by molar-refractivity contribution is -0.384. The molecule has 0 heterocycles. The minimum Gasteiger partial charge on any atom is -0.543 e. The van der Waals surface area contributed by atoms with E-state index in [-0.39, 0.29) is 28.6 Å². The van der Waals surface area contributed by atoms with E-state index in [0.29, 0.717) is 28.4 Å². The van der Waals surface area contributed by atoms with Gasteiger partial charge in [0.25, 0.3) is 5.69 Å². The number of benzene rings is 2. The maximum atomic E-state index is 13.3. The largest absolute Gasteiger partial charge is 0.543 e. The molecule has 2 aromatic carbocycles. The van der Waals surface area contributed by atoms with Crippen LogP contribution in [0.2, 0.25) is 18.1 Å². The second-order valence-corrected chi connectivity index (χ2v) is 15.9. The van der Waals surface area contributed by atoms with Crippen molar-refractivity contribution < 1.29 is 33.1 Å². The van der Waals surface area contributed by atoms with Crippen molar-refractivity contribution in [1.82, 2.24) is 0 Å². The number of methoxy groups -OCH3 is 2. The number of hydrogen-bond donors (Lipinski definition) is 1. The van der Waals surface area contributed by atoms with Gasteiger partial charge < -0.3 is 24.4 Å². The van der Waals surface area contributed by atoms with E-state index >= 15 is 0 Å². The summed E-state index contributed by atoms with van der Waals surface area (Å²) < 4.78 is 22.3. The van der Waals surface area contributed by atoms with Gasteiger partial charge >= 0.3 is 11.9 Å². The van der Waals surface area contributed by atoms with Crippen LogP contribution >= 0.6 is 11.8 Å². The third-order valence-electron chi connectivity index (χ3n) is 6.37. The highest BCUT2D eigenvalue weighted by Crippen LogP contribution is 2.41. The van der Waals surface area contributed by atoms with Gasteiger partial charge in [0.15, 0.2) is 0 Å². The zero-order valence-corrected chi connectivity index (χ0v) is 24.7. The third-order valence-corrected chi connectivity index (χ3v) is 11.8. The van der Waals surface area contributed by atoms with Crippen molar-refractivity contribution in [2.24, 2.45) is 5.73 Å². The maximum Gasteiger partial charge on any atom is 0.339 e. The normalized spacial score (nSPS) is 12.4. The number of ether oxygens (including phenoxy) is 3. The number of esters is 2. The SMILES string of the molecule is COC(=O)[C@@H](N)CSCc1c(O[Si](C)(C)C(C)(C)C)cc(OC)cc1C(=O)OCc1ccc([N+](=O)[O-])cc1. The van der Waals surface area contributed by atoms with E-state index in [1.165, 1.54) is 50.2 Å². The van der Waals surface area contributed by atoms with Gasteiger partial charge in [-0.1, -0.05) is 20.8 Å². The smallest absolute Gasteiger partial charge is 0.339 e. The van der Waals surface area contributed by atoms with Crippen molar-refractivity contribution in [3.63, 3.8) is 0 Å². The average molecular weight is 565 g/mol. The highest BCUT2D eigenvalue weighted by atomic mass is 32.2. The molecule has 0 aliphatic rings. The number of non-ortho nitro benzene ring substituents is 1. The first-order valence-electron chi connectivity index (χ1n) is 11.9. The Kier molecular flexibility index (Phi) is 10.7. The zero-order valence-electron chi connectivity index (χ0n) is 22.9. The Labute approximate surface area is 228 Å². The summed E-state index contributed by atoms with van der Waals surface area (Å²) in [7, 11) is 0.468. The molecule has 0 spiro atoms. The highest BCUT2D eigenvalue weighted by Gasteiger charge is 2.40. The van der Waals surface area contributed by atoms with Crippen LogP contribution in [0.3, 0.4) is 0 Å². The lowest BCUT2D eigenvalue weighted by Crippen LogP contribution is -2.44. The Morgan fingerprint density at radius 1 is 1.13 bits per heavy atom. The molecule has 0 saturated heterocycles. The second-order valence-electron chi connectivity index (χ2n) is 10.2. The Balaban J connectivity index is 2.41. The molecule has 0 aliphatic carbocycles. The lowest BCUT2D eigenvalue weighted by Gasteiger charge is -2.37. The van der Waals surface area contributed by atoms with Crippen LogP contribution in [-0.2, 0) is 26.6 Å². The third kappa shape index (κ3) is 8.20. The Morgan fingerprint density at radius 2 is 1.76 bits per heavy atom. The molecule has 0 radical (unpaired) electrons. The number of nitrogens with two attached hydrogens (primary N) is 1. The summed E-state index contributed by atoms with van der Waals surface area (Å²) in [5.41, 5.74) is 7.32. The molecule has 10 nitrogen and oxygen atoms in total. The fraction of sp³-hybridized carbons (Fsp3) is 0.462. The number of nitro benzene ring substituents is 1. The first-order valence-corrected chi connectivity index (χ1v) is 16.0. The molecular weight excluding hydrogens is 528 g/mol. The molecule has 0 aromatic heterocycles. The van der Waals surface area contributed by atoms with Gasteiger partial charge in [0.2, 0.25) is 8.32 Å². The van der Waals surface area contributed by atoms with Crippen molar-refractivity contribution >= 4 is 37.7 Å². The number of thioether (sulfide) groups is 1. The molecule has 2 N–H and O–H groups in total. The number of hydrogen-bond acceptors (Lipinski definition) is 10. The van der Waals surface area contributed by atoms with Gasteiger partial charge in [0, 0.05) is 35.3 Å². The summed E-state index contributed by atoms with van der Waals surface area (Å²) in [4.78, 5) is 35.5. The van der Waals surface area contributed by atoms with Crippen LogP contribution in [0.5, 0.6) is 11.5 Å². The van der Waals surface area contributed by atoms with Gasteiger partial charge in [0.05, 0.1) is 24.7 Å². The molecule has 0 bridgehead atoms. The first kappa shape index (κ1) is 31.1. The molecule has 0 saturated carbocycles. The van der Waals surface area contributed by atoms with E-state index in [9.17, 15) is 19.7 Å². The predicted molar refractivity (Wildman–Crippen MR) is 149 cm³/mol. The summed E-state index contributed by atoms with van der Waals surface area (Å²) in [6, 6.07) is 8.31. The average Bonchev–Trinajstić information content (AvgIpc) is 2.86. The number of carbonyl (C=O) groups excluding carboxylic acids is 2. The molecule has 2 aromatic rings. The van der Waals surface area contributed by atoms with E-state index in [4.69, 9.17) is 24.4 Å². The van der Waals surface area contributed by atoms with Crippen LogP contribution in [0.15, 0.2) is 36.4 Å². The Morgan fingerprint density at radius 3 is 2.29 bits per heavy atom. The monoisotopic (exact) mass is 564 g/mol. The minimum atomic E-state index is -2.31. The molecule has 1 atom stereocenters. The molecular formula is C26H36N2O8SSi. The summed E-state index contributed by atoms with van der Waals surface area (Å²) >= 11 is 1.37. The minimum absolute atomic E-state index is 0.0511. The van der Waals surface area contributed by atoms with E-state index in [0.717, 1.165) is 0 Å². The molecule has 12 heteroatoms. The van der Waals surface area contributed by atoms with Crippen LogP contribution in [0.1, 0.15) is 42.3 Å². The van der Waals surface area contributed by atoms with Crippen LogP contribution < -0.4 is 14.9 Å². The molecule has 0 aliphatic heterocycles. The van der Waals surface area contributed by atoms with Gasteiger partial charge in [-0.15, -0.1) is 0 Å². The fourth-order valence-electron chi connectivity index (χ4n) is 3.04. The van der Waals surface area contributed by atoms with Gasteiger partial charge in [-0.2, -0.15) is 11.8 Å². The van der Waals surface area contributed by atoms with Crippen molar-refractivity contribution in [2.75, 3.05) is 20.0 Å². The van der Waals surface area contributed by atoms with Crippen LogP contribution in [0, 0.1) is 10.1 Å². The van der Waals surface area contributed by atoms with Crippen molar-refractivity contribution in [3.8, 4) is 11.5 Å². The maximum absolute atomic E-state index is 13.3. The van der Waals surface area contributed by atoms with Crippen molar-refractivity contribution in [3.05, 3.63) is 63.2 Å². The molecule has 0 amide bonds. The van der Waals surface area contributed by atoms with Crippen LogP contribution in [0.25, 0.3) is 0 Å². The summed E-state index contributed by atoms with van der Waals surface area (Å²) in [5.74, 6) is 0.414. The summed E-state index contributed by atoms with van der Waals surface area (Å²) in [6.07, 6.45) is 0. The van der Waals surface area contributed by atoms with Gasteiger partial charge in [-0.25, -0.2) is 4.79 Å². The number of rotatable bonds is 12. The first-order chi connectivity index (χ1) is 17.7. The highest BCUT2D eigenvalue weighted by molar-refractivity contribution is 7.98. The fourth-order valence-corrected chi connectivity index (χ4v) is 5.08. The second kappa shape index (κ2) is 13.1. The van der Waals surface area contributed by atoms with Gasteiger partial charge in [-0.05, 0) is 41.9 Å². The number of nitrogens with zero attached hydrogens (tertiary/aromatic N) is 1. The van der Waals surface area contributed by atoms with E-state index in [1.807, 2.05) is 0 Å². The predicted octanol–water partition coefficient (Wildman–Crippen LogP) is 5.08. The molecule has 2 rings (SSSR count). The quantitative estimate of drug-likeness (QED) is 0.161. The van der Waals surface area contributed by atoms with Crippen molar-refractivity contribution in [2.45, 2.75) is 57.3 Å². The molecule has 0 unspecified atom stereocenters. The van der Waals surface area contributed by atoms with E-state index < -0.39 is 31.2 Å². The van der Waals surface area contributed by atoms with Crippen molar-refractivity contribution in [1.29, 1.82) is 0 Å². The van der Waals surface area contributed by atoms with Crippen LogP contribution in [-0.4, -0.2) is 51.2 Å². The summed E-state index contributed by atoms with van der Waals surface area (Å²) in [6.45, 7) is 10.5. The Hall–Kier alpha value is -3.09. The van der Waals surface area contributed by atoms with Gasteiger partial charge in [0.1, 0.15) is 24.1 Å². The van der Waals surface area contributed by atoms with E-state index in [1.54, 1.807) is 12.1 Å². The number of carbonyl (C=O) groups is 2. The molecule has 38 heavy (non-hydrogen) atoms. The van der Waals surface area contributed by atoms with Crippen LogP contribution in [0.4, 0.5) is 5.69 Å². The summed E-state index contributed by atoms with van der Waals surface area (Å²) in [5, 5.41) is 10.8. The van der Waals surface area contributed by atoms with E-state index in [2.05, 4.69) is 33.9 Å². The topological polar surface area (TPSA) is 140 Å².